The van der Waals surface area contributed by atoms with E-state index in [2.05, 4.69) is 15.3 Å². The summed E-state index contributed by atoms with van der Waals surface area (Å²) in [5, 5.41) is 4.53. The number of aromatic nitrogens is 1. The van der Waals surface area contributed by atoms with Crippen molar-refractivity contribution in [3.05, 3.63) is 59.9 Å². The summed E-state index contributed by atoms with van der Waals surface area (Å²) in [6.07, 6.45) is 3.37. The van der Waals surface area contributed by atoms with Crippen LogP contribution in [0.1, 0.15) is 22.8 Å². The maximum absolute atomic E-state index is 13.0. The van der Waals surface area contributed by atoms with E-state index in [0.717, 1.165) is 10.8 Å². The number of carbonyl (C=O) groups is 1. The summed E-state index contributed by atoms with van der Waals surface area (Å²) in [4.78, 5) is 21.8. The van der Waals surface area contributed by atoms with Crippen molar-refractivity contribution >= 4 is 22.5 Å². The number of nitrogens with two attached hydrogens (primary N) is 1. The molecule has 3 N–H and O–H groups in total. The van der Waals surface area contributed by atoms with E-state index < -0.39 is 0 Å². The second kappa shape index (κ2) is 10.4. The second-order valence-corrected chi connectivity index (χ2v) is 6.55. The van der Waals surface area contributed by atoms with Crippen molar-refractivity contribution in [2.24, 2.45) is 10.7 Å². The molecular formula is C23H26N4O4. The van der Waals surface area contributed by atoms with Crippen LogP contribution >= 0.6 is 0 Å². The molecule has 162 valence electrons. The first-order valence-corrected chi connectivity index (χ1v) is 9.90. The number of ether oxygens (including phenoxy) is 3. The number of carbonyl (C=O) groups excluding carboxylic acids is 1. The molecule has 1 aromatic heterocycles. The summed E-state index contributed by atoms with van der Waals surface area (Å²) in [6.45, 7) is 3.09. The third-order valence-electron chi connectivity index (χ3n) is 4.56. The van der Waals surface area contributed by atoms with Gasteiger partial charge in [-0.2, -0.15) is 0 Å². The first-order chi connectivity index (χ1) is 15.1. The van der Waals surface area contributed by atoms with Crippen LogP contribution in [-0.2, 0) is 0 Å². The molecule has 0 bridgehead atoms. The topological polar surface area (TPSA) is 108 Å². The van der Waals surface area contributed by atoms with Gasteiger partial charge in [0.25, 0.3) is 5.91 Å². The highest BCUT2D eigenvalue weighted by molar-refractivity contribution is 6.17. The highest BCUT2D eigenvalue weighted by Gasteiger charge is 2.16. The highest BCUT2D eigenvalue weighted by Crippen LogP contribution is 2.33. The van der Waals surface area contributed by atoms with Gasteiger partial charge >= 0.3 is 0 Å². The summed E-state index contributed by atoms with van der Waals surface area (Å²) < 4.78 is 16.3. The Morgan fingerprint density at radius 2 is 1.90 bits per heavy atom. The fraction of sp³-hybridized carbons (Fsp3) is 0.261. The molecule has 0 saturated carbocycles. The van der Waals surface area contributed by atoms with Gasteiger partial charge in [0, 0.05) is 35.5 Å². The summed E-state index contributed by atoms with van der Waals surface area (Å²) in [5.74, 6) is 1.85. The van der Waals surface area contributed by atoms with Gasteiger partial charge in [0.1, 0.15) is 11.6 Å². The van der Waals surface area contributed by atoms with Crippen LogP contribution in [0.25, 0.3) is 10.8 Å². The lowest BCUT2D eigenvalue weighted by Crippen LogP contribution is -2.32. The third kappa shape index (κ3) is 5.10. The van der Waals surface area contributed by atoms with Crippen molar-refractivity contribution in [3.8, 4) is 17.2 Å². The van der Waals surface area contributed by atoms with Crippen LogP contribution in [0.4, 0.5) is 0 Å². The van der Waals surface area contributed by atoms with Gasteiger partial charge in [-0.15, -0.1) is 0 Å². The van der Waals surface area contributed by atoms with Crippen LogP contribution in [0, 0.1) is 0 Å². The van der Waals surface area contributed by atoms with Crippen molar-refractivity contribution in [1.82, 2.24) is 10.3 Å². The Labute approximate surface area is 181 Å². The van der Waals surface area contributed by atoms with E-state index in [1.165, 1.54) is 0 Å². The number of hydrogen-bond acceptors (Lipinski definition) is 7. The van der Waals surface area contributed by atoms with Crippen LogP contribution in [0.2, 0.25) is 0 Å². The molecule has 1 amide bonds. The van der Waals surface area contributed by atoms with Gasteiger partial charge in [-0.3, -0.25) is 14.8 Å². The monoisotopic (exact) mass is 422 g/mol. The third-order valence-corrected chi connectivity index (χ3v) is 4.56. The summed E-state index contributed by atoms with van der Waals surface area (Å²) in [5.41, 5.74) is 6.77. The van der Waals surface area contributed by atoms with E-state index in [0.29, 0.717) is 53.9 Å². The average molecular weight is 422 g/mol. The molecule has 8 heteroatoms. The molecule has 0 spiro atoms. The lowest BCUT2D eigenvalue weighted by atomic mass is 10.1. The molecule has 0 aliphatic rings. The number of fused-ring (bicyclic) bond motifs is 1. The Kier molecular flexibility index (Phi) is 7.40. The summed E-state index contributed by atoms with van der Waals surface area (Å²) >= 11 is 0. The Morgan fingerprint density at radius 3 is 2.61 bits per heavy atom. The van der Waals surface area contributed by atoms with Crippen molar-refractivity contribution in [1.29, 1.82) is 0 Å². The fourth-order valence-electron chi connectivity index (χ4n) is 3.13. The molecule has 0 fully saturated rings. The molecule has 8 nitrogen and oxygen atoms in total. The lowest BCUT2D eigenvalue weighted by molar-refractivity contribution is 0.0976. The zero-order chi connectivity index (χ0) is 22.2. The van der Waals surface area contributed by atoms with E-state index in [1.807, 2.05) is 19.1 Å². The molecule has 0 aliphatic heterocycles. The number of rotatable bonds is 8. The number of aliphatic imine (C=N–C) groups is 1. The number of nitrogens with zero attached hydrogens (tertiary/aromatic N) is 2. The predicted octanol–water partition coefficient (Wildman–Crippen LogP) is 2.79. The zero-order valence-corrected chi connectivity index (χ0v) is 17.8. The van der Waals surface area contributed by atoms with E-state index in [4.69, 9.17) is 19.9 Å². The smallest absolute Gasteiger partial charge is 0.256 e. The Morgan fingerprint density at radius 1 is 1.13 bits per heavy atom. The largest absolute Gasteiger partial charge is 0.494 e. The lowest BCUT2D eigenvalue weighted by Gasteiger charge is -2.14. The van der Waals surface area contributed by atoms with Crippen molar-refractivity contribution in [3.63, 3.8) is 0 Å². The molecule has 3 rings (SSSR count). The minimum Gasteiger partial charge on any atom is -0.494 e. The number of hydrogen-bond donors (Lipinski definition) is 2. The number of amidine groups is 1. The van der Waals surface area contributed by atoms with Crippen molar-refractivity contribution in [2.75, 3.05) is 33.9 Å². The first kappa shape index (κ1) is 22.0. The van der Waals surface area contributed by atoms with Crippen LogP contribution in [0.15, 0.2) is 53.8 Å². The number of benzene rings is 2. The van der Waals surface area contributed by atoms with Crippen LogP contribution in [0.3, 0.4) is 0 Å². The van der Waals surface area contributed by atoms with Gasteiger partial charge in [0.2, 0.25) is 0 Å². The average Bonchev–Trinajstić information content (AvgIpc) is 2.80. The van der Waals surface area contributed by atoms with Gasteiger partial charge < -0.3 is 25.3 Å². The maximum Gasteiger partial charge on any atom is 0.256 e. The number of pyridine rings is 1. The van der Waals surface area contributed by atoms with Gasteiger partial charge in [-0.25, -0.2) is 0 Å². The van der Waals surface area contributed by atoms with Crippen LogP contribution in [0.5, 0.6) is 17.2 Å². The van der Waals surface area contributed by atoms with Gasteiger partial charge in [-0.05, 0) is 42.6 Å². The SMILES string of the molecule is CCOc1cccc(C(=O)NC(=NCCN)c2cncc3cc(OC)c(OC)cc23)c1. The Bertz CT molecular complexity index is 1100. The molecule has 3 aromatic rings. The Hall–Kier alpha value is -3.65. The van der Waals surface area contributed by atoms with E-state index in [9.17, 15) is 4.79 Å². The second-order valence-electron chi connectivity index (χ2n) is 6.55. The van der Waals surface area contributed by atoms with Crippen molar-refractivity contribution < 1.29 is 19.0 Å². The number of amides is 1. The van der Waals surface area contributed by atoms with Crippen LogP contribution in [-0.4, -0.2) is 50.6 Å². The van der Waals surface area contributed by atoms with Crippen molar-refractivity contribution in [2.45, 2.75) is 6.92 Å². The molecule has 0 saturated heterocycles. The van der Waals surface area contributed by atoms with E-state index in [1.54, 1.807) is 50.9 Å². The Balaban J connectivity index is 2.02. The highest BCUT2D eigenvalue weighted by atomic mass is 16.5. The van der Waals surface area contributed by atoms with E-state index in [-0.39, 0.29) is 5.91 Å². The fourth-order valence-corrected chi connectivity index (χ4v) is 3.13. The molecule has 0 radical (unpaired) electrons. The molecule has 0 unspecified atom stereocenters. The maximum atomic E-state index is 13.0. The van der Waals surface area contributed by atoms with E-state index >= 15 is 0 Å². The van der Waals surface area contributed by atoms with Gasteiger partial charge in [-0.1, -0.05) is 6.07 Å². The quantitative estimate of drug-likeness (QED) is 0.427. The van der Waals surface area contributed by atoms with Gasteiger partial charge in [0.05, 0.1) is 27.4 Å². The minimum atomic E-state index is -0.310. The molecule has 1 heterocycles. The normalized spacial score (nSPS) is 11.3. The predicted molar refractivity (Wildman–Crippen MR) is 120 cm³/mol. The molecule has 2 aromatic carbocycles. The molecule has 0 atom stereocenters. The molecule has 31 heavy (non-hydrogen) atoms. The number of methoxy groups -OCH3 is 2. The zero-order valence-electron chi connectivity index (χ0n) is 17.8. The number of nitrogens with one attached hydrogen (secondary N) is 1. The summed E-state index contributed by atoms with van der Waals surface area (Å²) in [7, 11) is 3.15. The van der Waals surface area contributed by atoms with Gasteiger partial charge in [0.15, 0.2) is 11.5 Å². The molecular weight excluding hydrogens is 396 g/mol. The standard InChI is InChI=1S/C23H26N4O4/c1-4-31-17-7-5-6-15(10-17)23(28)27-22(26-9-8-24)19-14-25-13-16-11-20(29-2)21(30-3)12-18(16)19/h5-7,10-14H,4,8-9,24H2,1-3H3,(H,26,27,28). The minimum absolute atomic E-state index is 0.310. The van der Waals surface area contributed by atoms with Crippen LogP contribution < -0.4 is 25.3 Å². The first-order valence-electron chi connectivity index (χ1n) is 9.90. The summed E-state index contributed by atoms with van der Waals surface area (Å²) in [6, 6.07) is 10.6. The molecule has 0 aliphatic carbocycles.